The second kappa shape index (κ2) is 8.58. The molecule has 1 aliphatic rings. The monoisotopic (exact) mass is 357 g/mol. The number of nitrogens with one attached hydrogen (secondary N) is 2. The molecule has 1 atom stereocenters. The molecular formula is C20H25N2O4+. The van der Waals surface area contributed by atoms with Crippen LogP contribution in [0.2, 0.25) is 0 Å². The first kappa shape index (κ1) is 18.1. The molecule has 0 saturated heterocycles. The predicted molar refractivity (Wildman–Crippen MR) is 97.5 cm³/mol. The molecule has 26 heavy (non-hydrogen) atoms. The average molecular weight is 357 g/mol. The third-order valence-electron chi connectivity index (χ3n) is 4.13. The van der Waals surface area contributed by atoms with E-state index in [-0.39, 0.29) is 12.7 Å². The van der Waals surface area contributed by atoms with Gasteiger partial charge in [0.15, 0.2) is 18.0 Å². The number of benzene rings is 2. The lowest BCUT2D eigenvalue weighted by molar-refractivity contribution is -0.885. The van der Waals surface area contributed by atoms with Crippen molar-refractivity contribution in [2.45, 2.75) is 20.0 Å². The number of fused-ring (bicyclic) bond motifs is 1. The van der Waals surface area contributed by atoms with Gasteiger partial charge in [-0.15, -0.1) is 0 Å². The quantitative estimate of drug-likeness (QED) is 0.744. The molecular weight excluding hydrogens is 332 g/mol. The van der Waals surface area contributed by atoms with Crippen LogP contribution in [0.15, 0.2) is 42.5 Å². The van der Waals surface area contributed by atoms with E-state index in [0.29, 0.717) is 19.7 Å². The number of carbonyl (C=O) groups excluding carboxylic acids is 1. The van der Waals surface area contributed by atoms with Crippen LogP contribution in [-0.2, 0) is 17.9 Å². The number of amides is 1. The Kier molecular flexibility index (Phi) is 5.96. The van der Waals surface area contributed by atoms with Crippen LogP contribution in [0.1, 0.15) is 18.1 Å². The Hall–Kier alpha value is -2.73. The van der Waals surface area contributed by atoms with E-state index in [2.05, 4.69) is 5.32 Å². The number of hydrogen-bond donors (Lipinski definition) is 2. The van der Waals surface area contributed by atoms with Crippen molar-refractivity contribution in [2.24, 2.45) is 0 Å². The van der Waals surface area contributed by atoms with Gasteiger partial charge in [-0.3, -0.25) is 4.79 Å². The third-order valence-corrected chi connectivity index (χ3v) is 4.13. The highest BCUT2D eigenvalue weighted by molar-refractivity contribution is 5.76. The van der Waals surface area contributed by atoms with Gasteiger partial charge in [-0.2, -0.15) is 0 Å². The fraction of sp³-hybridized carbons (Fsp3) is 0.350. The van der Waals surface area contributed by atoms with Crippen LogP contribution in [0.25, 0.3) is 0 Å². The van der Waals surface area contributed by atoms with Gasteiger partial charge in [0.05, 0.1) is 13.7 Å². The third kappa shape index (κ3) is 4.89. The molecule has 0 aromatic heterocycles. The number of hydrogen-bond acceptors (Lipinski definition) is 4. The summed E-state index contributed by atoms with van der Waals surface area (Å²) in [5.41, 5.74) is 2.17. The molecule has 1 aliphatic heterocycles. The molecule has 2 aromatic rings. The minimum absolute atomic E-state index is 0.0195. The predicted octanol–water partition coefficient (Wildman–Crippen LogP) is 1.15. The highest BCUT2D eigenvalue weighted by Gasteiger charge is 2.14. The highest BCUT2D eigenvalue weighted by Crippen LogP contribution is 2.32. The Morgan fingerprint density at radius 1 is 1.12 bits per heavy atom. The smallest absolute Gasteiger partial charge is 0.275 e. The van der Waals surface area contributed by atoms with Gasteiger partial charge in [0, 0.05) is 12.1 Å². The summed E-state index contributed by atoms with van der Waals surface area (Å²) in [7, 11) is 2.01. The van der Waals surface area contributed by atoms with Crippen molar-refractivity contribution in [1.82, 2.24) is 5.32 Å². The molecule has 0 fully saturated rings. The lowest BCUT2D eigenvalue weighted by atomic mass is 10.2. The van der Waals surface area contributed by atoms with Gasteiger partial charge in [-0.25, -0.2) is 0 Å². The van der Waals surface area contributed by atoms with Crippen LogP contribution < -0.4 is 24.4 Å². The number of rotatable bonds is 8. The molecule has 0 bridgehead atoms. The van der Waals surface area contributed by atoms with Crippen LogP contribution in [0.4, 0.5) is 0 Å². The first-order valence-corrected chi connectivity index (χ1v) is 8.82. The van der Waals surface area contributed by atoms with E-state index in [1.165, 1.54) is 5.56 Å². The van der Waals surface area contributed by atoms with E-state index in [4.69, 9.17) is 14.2 Å². The fourth-order valence-electron chi connectivity index (χ4n) is 2.87. The fourth-order valence-corrected chi connectivity index (χ4v) is 2.87. The first-order valence-electron chi connectivity index (χ1n) is 8.82. The van der Waals surface area contributed by atoms with Crippen molar-refractivity contribution >= 4 is 5.91 Å². The maximum Gasteiger partial charge on any atom is 0.275 e. The van der Waals surface area contributed by atoms with Crippen LogP contribution in [0.5, 0.6) is 17.2 Å². The second-order valence-corrected chi connectivity index (χ2v) is 6.35. The Morgan fingerprint density at radius 3 is 2.62 bits per heavy atom. The molecule has 2 N–H and O–H groups in total. The van der Waals surface area contributed by atoms with Crippen LogP contribution >= 0.6 is 0 Å². The molecule has 6 heteroatoms. The van der Waals surface area contributed by atoms with E-state index >= 15 is 0 Å². The van der Waals surface area contributed by atoms with E-state index in [9.17, 15) is 4.79 Å². The average Bonchev–Trinajstić information content (AvgIpc) is 3.09. The van der Waals surface area contributed by atoms with E-state index in [1.807, 2.05) is 56.4 Å². The summed E-state index contributed by atoms with van der Waals surface area (Å²) in [4.78, 5) is 13.3. The second-order valence-electron chi connectivity index (χ2n) is 6.35. The van der Waals surface area contributed by atoms with Gasteiger partial charge in [0.2, 0.25) is 6.79 Å². The minimum atomic E-state index is 0.0195. The molecule has 3 rings (SSSR count). The molecule has 1 amide bonds. The van der Waals surface area contributed by atoms with Crippen LogP contribution in [0, 0.1) is 0 Å². The maximum absolute atomic E-state index is 12.2. The van der Waals surface area contributed by atoms with Crippen LogP contribution in [-0.4, -0.2) is 32.9 Å². The first-order chi connectivity index (χ1) is 12.6. The Morgan fingerprint density at radius 2 is 1.85 bits per heavy atom. The molecule has 0 radical (unpaired) electrons. The number of quaternary nitrogens is 1. The number of carbonyl (C=O) groups is 1. The standard InChI is InChI=1S/C20H24N2O4/c1-3-24-17-7-4-15(5-8-17)12-22(2)13-20(23)21-11-16-6-9-18-19(10-16)26-14-25-18/h4-10H,3,11-14H2,1-2H3,(H,21,23)/p+1. The zero-order valence-corrected chi connectivity index (χ0v) is 15.2. The maximum atomic E-state index is 12.2. The van der Waals surface area contributed by atoms with Crippen molar-refractivity contribution in [3.8, 4) is 17.2 Å². The Labute approximate surface area is 153 Å². The van der Waals surface area contributed by atoms with Gasteiger partial charge >= 0.3 is 0 Å². The lowest BCUT2D eigenvalue weighted by Gasteiger charge is -2.14. The molecule has 6 nitrogen and oxygen atoms in total. The summed E-state index contributed by atoms with van der Waals surface area (Å²) in [5, 5.41) is 2.96. The van der Waals surface area contributed by atoms with E-state index in [0.717, 1.165) is 34.3 Å². The van der Waals surface area contributed by atoms with E-state index in [1.54, 1.807) is 0 Å². The number of ether oxygens (including phenoxy) is 3. The topological polar surface area (TPSA) is 61.2 Å². The molecule has 138 valence electrons. The zero-order chi connectivity index (χ0) is 18.4. The summed E-state index contributed by atoms with van der Waals surface area (Å²) in [6, 6.07) is 13.7. The Balaban J connectivity index is 1.43. The highest BCUT2D eigenvalue weighted by atomic mass is 16.7. The van der Waals surface area contributed by atoms with Crippen molar-refractivity contribution < 1.29 is 23.9 Å². The molecule has 1 heterocycles. The summed E-state index contributed by atoms with van der Waals surface area (Å²) < 4.78 is 16.1. The van der Waals surface area contributed by atoms with Gasteiger partial charge in [-0.1, -0.05) is 6.07 Å². The van der Waals surface area contributed by atoms with Crippen molar-refractivity contribution in [1.29, 1.82) is 0 Å². The van der Waals surface area contributed by atoms with E-state index < -0.39 is 0 Å². The van der Waals surface area contributed by atoms with Crippen molar-refractivity contribution in [3.05, 3.63) is 53.6 Å². The van der Waals surface area contributed by atoms with Gasteiger partial charge in [-0.05, 0) is 48.9 Å². The zero-order valence-electron chi connectivity index (χ0n) is 15.2. The van der Waals surface area contributed by atoms with Crippen LogP contribution in [0.3, 0.4) is 0 Å². The molecule has 0 aliphatic carbocycles. The minimum Gasteiger partial charge on any atom is -0.494 e. The summed E-state index contributed by atoms with van der Waals surface area (Å²) >= 11 is 0. The molecule has 1 unspecified atom stereocenters. The van der Waals surface area contributed by atoms with Crippen molar-refractivity contribution in [3.63, 3.8) is 0 Å². The lowest BCUT2D eigenvalue weighted by Crippen LogP contribution is -3.08. The van der Waals surface area contributed by atoms with Gasteiger partial charge < -0.3 is 24.4 Å². The Bertz CT molecular complexity index is 746. The molecule has 0 saturated carbocycles. The largest absolute Gasteiger partial charge is 0.494 e. The summed E-state index contributed by atoms with van der Waals surface area (Å²) in [6.45, 7) is 4.56. The van der Waals surface area contributed by atoms with Gasteiger partial charge in [0.1, 0.15) is 12.3 Å². The normalized spacial score (nSPS) is 13.3. The van der Waals surface area contributed by atoms with Crippen molar-refractivity contribution in [2.75, 3.05) is 27.0 Å². The summed E-state index contributed by atoms with van der Waals surface area (Å²) in [5.74, 6) is 2.37. The number of likely N-dealkylation sites (N-methyl/N-ethyl adjacent to an activating group) is 1. The SMILES string of the molecule is CCOc1ccc(C[NH+](C)CC(=O)NCc2ccc3c(c2)OCO3)cc1. The summed E-state index contributed by atoms with van der Waals surface area (Å²) in [6.07, 6.45) is 0. The molecule has 2 aromatic carbocycles. The van der Waals surface area contributed by atoms with Gasteiger partial charge in [0.25, 0.3) is 5.91 Å². The molecule has 0 spiro atoms.